The molecule has 0 spiro atoms. The Balaban J connectivity index is -0.0000000392. The first-order valence-corrected chi connectivity index (χ1v) is 11.4. The van der Waals surface area contributed by atoms with Gasteiger partial charge >= 0.3 is 43.4 Å². The molecule has 0 saturated carbocycles. The Bertz CT molecular complexity index is 309. The zero-order chi connectivity index (χ0) is 19.0. The monoisotopic (exact) mass is 584 g/mol. The summed E-state index contributed by atoms with van der Waals surface area (Å²) in [7, 11) is -7.21. The van der Waals surface area contributed by atoms with Crippen molar-refractivity contribution in [1.29, 1.82) is 0 Å². The molecule has 0 amide bonds. The molecular formula is C16H36Cl4O4Si2Ti2. The summed E-state index contributed by atoms with van der Waals surface area (Å²) in [6.07, 6.45) is 0. The van der Waals surface area contributed by atoms with E-state index >= 15 is 0 Å². The van der Waals surface area contributed by atoms with Gasteiger partial charge in [0.25, 0.3) is 0 Å². The van der Waals surface area contributed by atoms with Crippen LogP contribution in [0, 0.1) is 0 Å². The quantitative estimate of drug-likeness (QED) is 0.264. The summed E-state index contributed by atoms with van der Waals surface area (Å²) < 4.78 is 0. The molecule has 0 aliphatic rings. The van der Waals surface area contributed by atoms with E-state index in [1.54, 1.807) is 83.1 Å². The number of hydrogen-bond acceptors (Lipinski definition) is 4. The van der Waals surface area contributed by atoms with Crippen molar-refractivity contribution in [2.24, 2.45) is 0 Å². The normalized spacial score (nSPS) is 12.0. The molecule has 28 heavy (non-hydrogen) atoms. The molecule has 0 bridgehead atoms. The van der Waals surface area contributed by atoms with E-state index in [9.17, 15) is 19.2 Å². The molecule has 4 nitrogen and oxygen atoms in total. The van der Waals surface area contributed by atoms with Crippen LogP contribution in [0.2, 0.25) is 20.2 Å². The van der Waals surface area contributed by atoms with Gasteiger partial charge in [0.15, 0.2) is 0 Å². The molecule has 0 aliphatic heterocycles. The number of hydrogen-bond donors (Lipinski definition) is 0. The Morgan fingerprint density at radius 1 is 0.357 bits per heavy atom. The molecule has 0 aromatic rings. The minimum atomic E-state index is -3.61. The summed E-state index contributed by atoms with van der Waals surface area (Å²) in [5.74, 6) is 0. The summed E-state index contributed by atoms with van der Waals surface area (Å²) in [6.45, 7) is 21.1. The fraction of sp³-hybridized carbons (Fsp3) is 1.00. The standard InChI is InChI=1S/2C8H18O2Si.4ClH.2Ti/c2*1-7(2,3)11(9,10)8(4,5)6;;;;;;/h2*1-6H3;4*1H;;/q2*-2;;;;;2*+4/p-4. The molecule has 0 fully saturated rings. The van der Waals surface area contributed by atoms with Gasteiger partial charge in [-0.25, -0.2) is 0 Å². The maximum Gasteiger partial charge on any atom is 4.00 e. The number of rotatable bonds is 0. The molecule has 0 heterocycles. The van der Waals surface area contributed by atoms with Crippen molar-refractivity contribution in [1.82, 2.24) is 0 Å². The minimum Gasteiger partial charge on any atom is -1.00 e. The third-order valence-corrected chi connectivity index (χ3v) is 11.8. The van der Waals surface area contributed by atoms with Gasteiger partial charge in [0.05, 0.1) is 0 Å². The summed E-state index contributed by atoms with van der Waals surface area (Å²) in [4.78, 5) is 46.9. The van der Waals surface area contributed by atoms with E-state index in [4.69, 9.17) is 0 Å². The van der Waals surface area contributed by atoms with E-state index in [-0.39, 0.29) is 93.1 Å². The SMILES string of the molecule is CC(C)(C)[Si]([O-])([O-])C(C)(C)C.CC(C)(C)[Si]([O-])([O-])C(C)(C)C.[Cl-].[Cl-].[Cl-].[Cl-].[Ti+4].[Ti+4]. The van der Waals surface area contributed by atoms with Crippen LogP contribution in [0.25, 0.3) is 0 Å². The van der Waals surface area contributed by atoms with Crippen molar-refractivity contribution >= 4 is 17.1 Å². The summed E-state index contributed by atoms with van der Waals surface area (Å²) in [5, 5.41) is -2.37. The Hall–Kier alpha value is 2.86. The molecule has 0 radical (unpaired) electrons. The van der Waals surface area contributed by atoms with E-state index < -0.39 is 37.3 Å². The van der Waals surface area contributed by atoms with Gasteiger partial charge in [0.1, 0.15) is 0 Å². The zero-order valence-electron chi connectivity index (χ0n) is 19.1. The molecular weight excluding hydrogens is 550 g/mol. The van der Waals surface area contributed by atoms with Crippen LogP contribution in [0.4, 0.5) is 0 Å². The molecule has 0 atom stereocenters. The van der Waals surface area contributed by atoms with Gasteiger partial charge in [-0.05, 0) is 0 Å². The third kappa shape index (κ3) is 14.8. The smallest absolute Gasteiger partial charge is 1.00 e. The van der Waals surface area contributed by atoms with E-state index in [1.807, 2.05) is 0 Å². The van der Waals surface area contributed by atoms with Gasteiger partial charge in [-0.15, -0.1) is 17.1 Å². The van der Waals surface area contributed by atoms with Crippen LogP contribution in [-0.2, 0) is 43.4 Å². The van der Waals surface area contributed by atoms with Crippen molar-refractivity contribution in [3.05, 3.63) is 0 Å². The molecule has 168 valence electrons. The molecule has 0 saturated heterocycles. The van der Waals surface area contributed by atoms with Crippen LogP contribution in [0.1, 0.15) is 83.1 Å². The molecule has 0 aliphatic carbocycles. The minimum absolute atomic E-state index is 0. The van der Waals surface area contributed by atoms with Gasteiger partial charge in [-0.2, -0.15) is 0 Å². The first kappa shape index (κ1) is 52.7. The molecule has 0 unspecified atom stereocenters. The topological polar surface area (TPSA) is 92.2 Å². The van der Waals surface area contributed by atoms with E-state index in [0.717, 1.165) is 0 Å². The molecule has 0 rings (SSSR count). The van der Waals surface area contributed by atoms with Gasteiger partial charge in [0.2, 0.25) is 0 Å². The van der Waals surface area contributed by atoms with Crippen molar-refractivity contribution in [2.45, 2.75) is 103 Å². The van der Waals surface area contributed by atoms with E-state index in [0.29, 0.717) is 0 Å². The molecule has 0 aromatic heterocycles. The summed E-state index contributed by atoms with van der Waals surface area (Å²) >= 11 is 0. The Kier molecular flexibility index (Phi) is 31.0. The molecule has 12 heteroatoms. The maximum atomic E-state index is 11.7. The van der Waals surface area contributed by atoms with Crippen LogP contribution in [-0.4, -0.2) is 17.1 Å². The molecule has 0 aromatic carbocycles. The van der Waals surface area contributed by atoms with Crippen molar-refractivity contribution < 1.29 is 112 Å². The Morgan fingerprint density at radius 2 is 0.429 bits per heavy atom. The van der Waals surface area contributed by atoms with E-state index in [2.05, 4.69) is 0 Å². The fourth-order valence-corrected chi connectivity index (χ4v) is 6.75. The van der Waals surface area contributed by atoms with Gasteiger partial charge in [-0.1, -0.05) is 103 Å². The average Bonchev–Trinajstić information content (AvgIpc) is 2.10. The second-order valence-electron chi connectivity index (χ2n) is 10.2. The van der Waals surface area contributed by atoms with Crippen LogP contribution >= 0.6 is 0 Å². The number of halogens is 4. The fourth-order valence-electron chi connectivity index (χ4n) is 2.25. The third-order valence-electron chi connectivity index (χ3n) is 3.95. The predicted molar refractivity (Wildman–Crippen MR) is 90.4 cm³/mol. The van der Waals surface area contributed by atoms with Crippen molar-refractivity contribution in [3.8, 4) is 0 Å². The van der Waals surface area contributed by atoms with Crippen molar-refractivity contribution in [3.63, 3.8) is 0 Å². The summed E-state index contributed by atoms with van der Waals surface area (Å²) in [5.41, 5.74) is 0. The van der Waals surface area contributed by atoms with Crippen LogP contribution in [0.5, 0.6) is 0 Å². The Labute approximate surface area is 230 Å². The van der Waals surface area contributed by atoms with Crippen molar-refractivity contribution in [2.75, 3.05) is 0 Å². The van der Waals surface area contributed by atoms with Crippen LogP contribution in [0.15, 0.2) is 0 Å². The van der Waals surface area contributed by atoms with Gasteiger partial charge < -0.3 is 68.8 Å². The second kappa shape index (κ2) is 16.5. The van der Waals surface area contributed by atoms with Gasteiger partial charge in [0, 0.05) is 0 Å². The van der Waals surface area contributed by atoms with Gasteiger partial charge in [-0.3, -0.25) is 0 Å². The Morgan fingerprint density at radius 3 is 0.429 bits per heavy atom. The van der Waals surface area contributed by atoms with Crippen LogP contribution < -0.4 is 68.8 Å². The molecule has 0 N–H and O–H groups in total. The first-order valence-electron chi connectivity index (χ1n) is 7.82. The zero-order valence-corrected chi connectivity index (χ0v) is 27.3. The summed E-state index contributed by atoms with van der Waals surface area (Å²) in [6, 6.07) is 0. The van der Waals surface area contributed by atoms with E-state index in [1.165, 1.54) is 0 Å². The average molecular weight is 586 g/mol. The maximum absolute atomic E-state index is 11.7. The predicted octanol–water partition coefficient (Wildman–Crippen LogP) is -10.5. The first-order chi connectivity index (χ1) is 9.00. The second-order valence-corrected chi connectivity index (χ2v) is 18.7. The van der Waals surface area contributed by atoms with Crippen LogP contribution in [0.3, 0.4) is 0 Å². The largest absolute Gasteiger partial charge is 4.00 e.